The number of carbonyl (C=O) groups is 2. The molecule has 3 aromatic carbocycles. The van der Waals surface area contributed by atoms with Crippen LogP contribution >= 0.6 is 0 Å². The van der Waals surface area contributed by atoms with Crippen LogP contribution in [0.5, 0.6) is 17.2 Å². The van der Waals surface area contributed by atoms with Crippen molar-refractivity contribution >= 4 is 27.5 Å². The van der Waals surface area contributed by atoms with Gasteiger partial charge in [-0.2, -0.15) is 5.26 Å². The number of piperazine rings is 1. The number of likely N-dealkylation sites (tertiary alicyclic amines) is 1. The molecule has 52 heavy (non-hydrogen) atoms. The molecule has 3 aliphatic heterocycles. The molecule has 0 bridgehead atoms. The van der Waals surface area contributed by atoms with Crippen molar-refractivity contribution in [3.8, 4) is 23.3 Å². The zero-order valence-electron chi connectivity index (χ0n) is 30.3. The first-order valence-corrected chi connectivity index (χ1v) is 19.4. The van der Waals surface area contributed by atoms with Gasteiger partial charge in [-0.05, 0) is 74.7 Å². The number of carbonyl (C=O) groups excluding carboxylic acids is 2. The van der Waals surface area contributed by atoms with Gasteiger partial charge in [0.2, 0.25) is 5.91 Å². The van der Waals surface area contributed by atoms with Gasteiger partial charge in [0.1, 0.15) is 27.6 Å². The first-order chi connectivity index (χ1) is 25.1. The number of rotatable bonds is 12. The maximum atomic E-state index is 15.3. The summed E-state index contributed by atoms with van der Waals surface area (Å²) in [6.07, 6.45) is 2.40. The number of sulfonamides is 1. The number of ether oxygens (including phenoxy) is 3. The van der Waals surface area contributed by atoms with Gasteiger partial charge in [0.05, 0.1) is 38.1 Å². The lowest BCUT2D eigenvalue weighted by atomic mass is 9.71. The van der Waals surface area contributed by atoms with Gasteiger partial charge in [0.15, 0.2) is 0 Å². The average molecular weight is 730 g/mol. The lowest BCUT2D eigenvalue weighted by Gasteiger charge is -2.43. The van der Waals surface area contributed by atoms with Crippen LogP contribution in [0.1, 0.15) is 56.2 Å². The van der Waals surface area contributed by atoms with E-state index in [1.165, 1.54) is 50.6 Å². The number of amides is 2. The molecule has 0 radical (unpaired) electrons. The standard InChI is InChI=1S/C39H47N5O7S/c1-5-17-41-20-22-42(23-21-41)29-15-18-43(19-16-29)37(45)26-39(31-9-7-8-10-34(31)51-6-2)32-24-28(27-40)11-13-33(32)44(38(39)46)52(47,48)36-14-12-30(49-3)25-35(36)50-4/h7-14,24-25,29H,5-6,15-23,26H2,1-4H3. The highest BCUT2D eigenvalue weighted by atomic mass is 32.2. The van der Waals surface area contributed by atoms with E-state index in [0.29, 0.717) is 36.2 Å². The van der Waals surface area contributed by atoms with E-state index in [4.69, 9.17) is 14.2 Å². The van der Waals surface area contributed by atoms with Gasteiger partial charge in [0.25, 0.3) is 15.9 Å². The zero-order chi connectivity index (χ0) is 37.0. The summed E-state index contributed by atoms with van der Waals surface area (Å²) in [5.41, 5.74) is -0.955. The van der Waals surface area contributed by atoms with E-state index in [-0.39, 0.29) is 46.4 Å². The third-order valence-corrected chi connectivity index (χ3v) is 12.3. The van der Waals surface area contributed by atoms with Crippen molar-refractivity contribution in [1.29, 1.82) is 5.26 Å². The Hall–Kier alpha value is -4.64. The summed E-state index contributed by atoms with van der Waals surface area (Å²) >= 11 is 0. The smallest absolute Gasteiger partial charge is 0.274 e. The molecule has 3 heterocycles. The number of fused-ring (bicyclic) bond motifs is 1. The lowest BCUT2D eigenvalue weighted by molar-refractivity contribution is -0.136. The predicted molar refractivity (Wildman–Crippen MR) is 196 cm³/mol. The third-order valence-electron chi connectivity index (χ3n) is 10.6. The van der Waals surface area contributed by atoms with E-state index in [1.807, 2.05) is 6.92 Å². The lowest BCUT2D eigenvalue weighted by Crippen LogP contribution is -2.54. The monoisotopic (exact) mass is 729 g/mol. The van der Waals surface area contributed by atoms with Crippen molar-refractivity contribution in [2.24, 2.45) is 0 Å². The number of nitrogens with zero attached hydrogens (tertiary/aromatic N) is 5. The van der Waals surface area contributed by atoms with Gasteiger partial charge >= 0.3 is 0 Å². The Labute approximate surface area is 306 Å². The normalized spacial score (nSPS) is 20.0. The minimum atomic E-state index is -4.64. The maximum Gasteiger partial charge on any atom is 0.274 e. The molecule has 0 spiro atoms. The minimum Gasteiger partial charge on any atom is -0.497 e. The second-order valence-corrected chi connectivity index (χ2v) is 15.2. The van der Waals surface area contributed by atoms with Gasteiger partial charge in [0, 0.05) is 63.4 Å². The number of nitriles is 1. The second kappa shape index (κ2) is 15.5. The number of para-hydroxylation sites is 1. The Kier molecular flexibility index (Phi) is 11.1. The largest absolute Gasteiger partial charge is 0.497 e. The van der Waals surface area contributed by atoms with Gasteiger partial charge in [-0.25, -0.2) is 12.7 Å². The molecule has 0 aliphatic carbocycles. The highest BCUT2D eigenvalue weighted by molar-refractivity contribution is 7.93. The molecular weight excluding hydrogens is 683 g/mol. The van der Waals surface area contributed by atoms with Crippen LogP contribution in [0, 0.1) is 11.3 Å². The fraction of sp³-hybridized carbons (Fsp3) is 0.462. The molecule has 1 atom stereocenters. The van der Waals surface area contributed by atoms with Crippen molar-refractivity contribution in [2.75, 3.05) is 70.9 Å². The van der Waals surface area contributed by atoms with Crippen molar-refractivity contribution in [2.45, 2.75) is 55.9 Å². The molecule has 13 heteroatoms. The molecule has 2 saturated heterocycles. The highest BCUT2D eigenvalue weighted by Crippen LogP contribution is 2.53. The van der Waals surface area contributed by atoms with E-state index >= 15 is 4.79 Å². The van der Waals surface area contributed by atoms with Crippen molar-refractivity contribution < 1.29 is 32.2 Å². The van der Waals surface area contributed by atoms with Crippen LogP contribution in [0.2, 0.25) is 0 Å². The van der Waals surface area contributed by atoms with Crippen molar-refractivity contribution in [3.05, 3.63) is 77.4 Å². The number of benzene rings is 3. The average Bonchev–Trinajstić information content (AvgIpc) is 3.42. The van der Waals surface area contributed by atoms with Gasteiger partial charge < -0.3 is 24.0 Å². The highest BCUT2D eigenvalue weighted by Gasteiger charge is 2.58. The van der Waals surface area contributed by atoms with E-state index in [2.05, 4.69) is 22.8 Å². The van der Waals surface area contributed by atoms with Crippen LogP contribution in [0.25, 0.3) is 0 Å². The fourth-order valence-corrected chi connectivity index (χ4v) is 9.59. The number of piperidine rings is 1. The molecule has 2 fully saturated rings. The summed E-state index contributed by atoms with van der Waals surface area (Å²) < 4.78 is 46.9. The fourth-order valence-electron chi connectivity index (χ4n) is 7.96. The molecular formula is C39H47N5O7S. The van der Waals surface area contributed by atoms with Crippen LogP contribution in [-0.2, 0) is 25.0 Å². The number of methoxy groups -OCH3 is 2. The molecule has 6 rings (SSSR count). The Morgan fingerprint density at radius 3 is 2.29 bits per heavy atom. The SMILES string of the molecule is CCCN1CCN(C2CCN(C(=O)CC3(c4ccccc4OCC)C(=O)N(S(=O)(=O)c4ccc(OC)cc4OC)c4ccc(C#N)cc43)CC2)CC1. The van der Waals surface area contributed by atoms with Crippen molar-refractivity contribution in [1.82, 2.24) is 14.7 Å². The summed E-state index contributed by atoms with van der Waals surface area (Å²) in [5.74, 6) is -0.408. The van der Waals surface area contributed by atoms with Gasteiger partial charge in [-0.15, -0.1) is 0 Å². The summed E-state index contributed by atoms with van der Waals surface area (Å²) in [5, 5.41) is 9.99. The maximum absolute atomic E-state index is 15.3. The quantitative estimate of drug-likeness (QED) is 0.264. The summed E-state index contributed by atoms with van der Waals surface area (Å²) in [7, 11) is -1.85. The van der Waals surface area contributed by atoms with E-state index in [9.17, 15) is 18.5 Å². The van der Waals surface area contributed by atoms with Crippen LogP contribution in [0.3, 0.4) is 0 Å². The molecule has 3 aromatic rings. The third kappa shape index (κ3) is 6.71. The molecule has 12 nitrogen and oxygen atoms in total. The minimum absolute atomic E-state index is 0.0136. The van der Waals surface area contributed by atoms with Gasteiger partial charge in [-0.3, -0.25) is 14.5 Å². The van der Waals surface area contributed by atoms with Crippen LogP contribution < -0.4 is 18.5 Å². The first-order valence-electron chi connectivity index (χ1n) is 18.0. The number of hydrogen-bond acceptors (Lipinski definition) is 10. The Bertz CT molecular complexity index is 1950. The predicted octanol–water partition coefficient (Wildman–Crippen LogP) is 4.40. The number of hydrogen-bond donors (Lipinski definition) is 0. The molecule has 1 unspecified atom stereocenters. The molecule has 0 N–H and O–H groups in total. The Balaban J connectivity index is 1.40. The first kappa shape index (κ1) is 37.1. The molecule has 0 saturated carbocycles. The molecule has 3 aliphatic rings. The summed E-state index contributed by atoms with van der Waals surface area (Å²) in [4.78, 5) is 36.4. The second-order valence-electron chi connectivity index (χ2n) is 13.4. The molecule has 2 amide bonds. The van der Waals surface area contributed by atoms with Crippen LogP contribution in [0.4, 0.5) is 5.69 Å². The Morgan fingerprint density at radius 2 is 1.63 bits per heavy atom. The van der Waals surface area contributed by atoms with E-state index in [1.54, 1.807) is 29.2 Å². The number of anilines is 1. The molecule has 276 valence electrons. The van der Waals surface area contributed by atoms with Crippen LogP contribution in [0.15, 0.2) is 65.6 Å². The summed E-state index contributed by atoms with van der Waals surface area (Å²) in [6.45, 7) is 10.5. The Morgan fingerprint density at radius 1 is 0.904 bits per heavy atom. The van der Waals surface area contributed by atoms with Crippen molar-refractivity contribution in [3.63, 3.8) is 0 Å². The van der Waals surface area contributed by atoms with Crippen LogP contribution in [-0.4, -0.2) is 108 Å². The zero-order valence-corrected chi connectivity index (χ0v) is 31.2. The van der Waals surface area contributed by atoms with E-state index < -0.39 is 21.3 Å². The topological polar surface area (TPSA) is 133 Å². The summed E-state index contributed by atoms with van der Waals surface area (Å²) in [6, 6.07) is 18.1. The molecule has 0 aromatic heterocycles. The van der Waals surface area contributed by atoms with Gasteiger partial charge in [-0.1, -0.05) is 25.1 Å². The van der Waals surface area contributed by atoms with E-state index in [0.717, 1.165) is 56.3 Å².